The van der Waals surface area contributed by atoms with Crippen LogP contribution >= 0.6 is 0 Å². The minimum absolute atomic E-state index is 0.0630. The summed E-state index contributed by atoms with van der Waals surface area (Å²) >= 11 is 0. The van der Waals surface area contributed by atoms with E-state index in [2.05, 4.69) is 0 Å². The van der Waals surface area contributed by atoms with Crippen LogP contribution in [0.15, 0.2) is 84.9 Å². The summed E-state index contributed by atoms with van der Waals surface area (Å²) in [5.74, 6) is -5.68. The Morgan fingerprint density at radius 3 is 1.98 bits per heavy atom. The van der Waals surface area contributed by atoms with Gasteiger partial charge in [-0.1, -0.05) is 42.5 Å². The van der Waals surface area contributed by atoms with Gasteiger partial charge in [0.15, 0.2) is 0 Å². The number of aryl methyl sites for hydroxylation is 1. The van der Waals surface area contributed by atoms with Crippen molar-refractivity contribution in [1.29, 1.82) is 0 Å². The number of aromatic carboxylic acids is 3. The summed E-state index contributed by atoms with van der Waals surface area (Å²) in [5, 5.41) is 29.2. The number of nitrogens with zero attached hydrogens (tertiary/aromatic N) is 1. The smallest absolute Gasteiger partial charge is 0.416 e. The van der Waals surface area contributed by atoms with Crippen molar-refractivity contribution in [1.82, 2.24) is 4.90 Å². The van der Waals surface area contributed by atoms with Gasteiger partial charge in [0.2, 0.25) is 0 Å². The first kappa shape index (κ1) is 31.8. The summed E-state index contributed by atoms with van der Waals surface area (Å²) in [7, 11) is 0. The van der Waals surface area contributed by atoms with E-state index >= 15 is 0 Å². The van der Waals surface area contributed by atoms with Crippen molar-refractivity contribution in [2.45, 2.75) is 38.0 Å². The van der Waals surface area contributed by atoms with E-state index < -0.39 is 63.9 Å². The average Bonchev–Trinajstić information content (AvgIpc) is 3.02. The van der Waals surface area contributed by atoms with Gasteiger partial charge in [-0.05, 0) is 78.4 Å². The van der Waals surface area contributed by atoms with Crippen molar-refractivity contribution in [3.8, 4) is 11.5 Å². The Bertz CT molecular complexity index is 1850. The number of ether oxygens (including phenoxy) is 1. The van der Waals surface area contributed by atoms with Gasteiger partial charge in [0, 0.05) is 6.54 Å². The maximum absolute atomic E-state index is 14.3. The van der Waals surface area contributed by atoms with Crippen molar-refractivity contribution >= 4 is 23.8 Å². The van der Waals surface area contributed by atoms with Crippen molar-refractivity contribution in [3.05, 3.63) is 129 Å². The van der Waals surface area contributed by atoms with Gasteiger partial charge >= 0.3 is 24.1 Å². The molecule has 12 heteroatoms. The van der Waals surface area contributed by atoms with Crippen molar-refractivity contribution in [3.63, 3.8) is 0 Å². The Balaban J connectivity index is 1.58. The highest BCUT2D eigenvalue weighted by Crippen LogP contribution is 2.38. The molecule has 9 nitrogen and oxygen atoms in total. The van der Waals surface area contributed by atoms with Crippen LogP contribution in [0, 0.1) is 0 Å². The number of fused-ring (bicyclic) bond motifs is 1. The van der Waals surface area contributed by atoms with Crippen LogP contribution in [0.2, 0.25) is 0 Å². The average molecular weight is 634 g/mol. The molecule has 0 aliphatic heterocycles. The molecule has 1 aliphatic carbocycles. The van der Waals surface area contributed by atoms with Crippen LogP contribution in [-0.2, 0) is 19.1 Å². The Hall–Kier alpha value is -5.65. The molecule has 4 aromatic rings. The molecule has 1 atom stereocenters. The zero-order valence-corrected chi connectivity index (χ0v) is 24.0. The lowest BCUT2D eigenvalue weighted by atomic mass is 9.86. The predicted molar refractivity (Wildman–Crippen MR) is 157 cm³/mol. The van der Waals surface area contributed by atoms with Crippen LogP contribution in [0.4, 0.5) is 13.2 Å². The van der Waals surface area contributed by atoms with Crippen molar-refractivity contribution in [2.75, 3.05) is 0 Å². The number of carboxylic acid groups (broad SMARTS) is 3. The second-order valence-electron chi connectivity index (χ2n) is 10.7. The number of amides is 1. The Morgan fingerprint density at radius 2 is 1.33 bits per heavy atom. The van der Waals surface area contributed by atoms with Crippen LogP contribution in [0.1, 0.15) is 82.6 Å². The van der Waals surface area contributed by atoms with E-state index in [1.807, 2.05) is 18.2 Å². The zero-order chi connectivity index (χ0) is 33.2. The minimum Gasteiger partial charge on any atom is -0.478 e. The molecule has 0 unspecified atom stereocenters. The minimum atomic E-state index is -4.57. The molecular formula is C34H26F3NO8. The van der Waals surface area contributed by atoms with Crippen LogP contribution in [-0.4, -0.2) is 44.0 Å². The second-order valence-corrected chi connectivity index (χ2v) is 10.7. The van der Waals surface area contributed by atoms with Gasteiger partial charge in [0.25, 0.3) is 5.91 Å². The van der Waals surface area contributed by atoms with Gasteiger partial charge < -0.3 is 25.0 Å². The van der Waals surface area contributed by atoms with Gasteiger partial charge in [-0.25, -0.2) is 14.4 Å². The number of carboxylic acids is 3. The maximum atomic E-state index is 14.3. The zero-order valence-electron chi connectivity index (χ0n) is 24.0. The van der Waals surface area contributed by atoms with E-state index in [1.165, 1.54) is 29.2 Å². The summed E-state index contributed by atoms with van der Waals surface area (Å²) < 4.78 is 45.4. The first-order valence-corrected chi connectivity index (χ1v) is 14.0. The molecule has 46 heavy (non-hydrogen) atoms. The lowest BCUT2D eigenvalue weighted by Crippen LogP contribution is -2.37. The van der Waals surface area contributed by atoms with E-state index in [0.29, 0.717) is 24.5 Å². The number of alkyl halides is 3. The summed E-state index contributed by atoms with van der Waals surface area (Å²) in [6.45, 7) is -0.125. The van der Waals surface area contributed by atoms with E-state index in [9.17, 15) is 47.7 Å². The molecule has 1 amide bonds. The number of hydrogen-bond donors (Lipinski definition) is 3. The highest BCUT2D eigenvalue weighted by molar-refractivity contribution is 6.10. The van der Waals surface area contributed by atoms with Crippen molar-refractivity contribution < 1.29 is 52.4 Å². The lowest BCUT2D eigenvalue weighted by molar-refractivity contribution is -0.137. The second kappa shape index (κ2) is 12.8. The molecular weight excluding hydrogens is 607 g/mol. The third-order valence-corrected chi connectivity index (χ3v) is 7.70. The van der Waals surface area contributed by atoms with Gasteiger partial charge in [-0.3, -0.25) is 4.79 Å². The molecule has 0 radical (unpaired) electrons. The summed E-state index contributed by atoms with van der Waals surface area (Å²) in [4.78, 5) is 51.7. The molecule has 0 bridgehead atoms. The molecule has 1 aliphatic rings. The Labute approximate surface area is 260 Å². The summed E-state index contributed by atoms with van der Waals surface area (Å²) in [6.07, 6.45) is -2.65. The first-order chi connectivity index (χ1) is 21.8. The quantitative estimate of drug-likeness (QED) is 0.174. The molecule has 3 N–H and O–H groups in total. The normalized spacial score (nSPS) is 14.2. The van der Waals surface area contributed by atoms with E-state index in [1.54, 1.807) is 18.2 Å². The molecule has 0 saturated carbocycles. The fourth-order valence-electron chi connectivity index (χ4n) is 5.61. The Kier molecular flexibility index (Phi) is 8.81. The molecule has 4 aromatic carbocycles. The number of carbonyl (C=O) groups is 4. The van der Waals surface area contributed by atoms with E-state index in [4.69, 9.17) is 4.74 Å². The van der Waals surface area contributed by atoms with Gasteiger partial charge in [-0.2, -0.15) is 13.2 Å². The van der Waals surface area contributed by atoms with Crippen LogP contribution in [0.3, 0.4) is 0 Å². The number of hydrogen-bond acceptors (Lipinski definition) is 5. The third-order valence-electron chi connectivity index (χ3n) is 7.70. The molecule has 236 valence electrons. The fourth-order valence-corrected chi connectivity index (χ4v) is 5.61. The first-order valence-electron chi connectivity index (χ1n) is 14.0. The number of halogens is 3. The molecule has 0 aromatic heterocycles. The van der Waals surface area contributed by atoms with Gasteiger partial charge in [-0.15, -0.1) is 0 Å². The molecule has 0 heterocycles. The lowest BCUT2D eigenvalue weighted by Gasteiger charge is -2.36. The van der Waals surface area contributed by atoms with Crippen LogP contribution in [0.25, 0.3) is 0 Å². The number of benzene rings is 4. The molecule has 0 spiro atoms. The highest BCUT2D eigenvalue weighted by atomic mass is 19.4. The van der Waals surface area contributed by atoms with Crippen LogP contribution < -0.4 is 4.74 Å². The fraction of sp³-hybridized carbons (Fsp3) is 0.176. The topological polar surface area (TPSA) is 141 Å². The standard InChI is InChI=1S/C34H26F3NO8/c35-34(36,37)21-9-5-11-23(15-21)46-22-10-3-6-19(14-22)18-38(29-13-4-8-20-7-1-2-12-24(20)29)30(39)25-16-27(32(42)43)28(33(44)45)17-26(25)31(40)41/h1-3,5-7,9-12,14-17,29H,4,8,13,18H2,(H,40,41)(H,42,43)(H,44,45)/t29-/m0/s1. The number of rotatable bonds is 9. The maximum Gasteiger partial charge on any atom is 0.416 e. The SMILES string of the molecule is O=C(O)c1cc(C(=O)O)c(C(=O)N(Cc2cccc(Oc3cccc(C(F)(F)F)c3)c2)[C@H]2CCCc3ccccc32)cc1C(=O)O. The van der Waals surface area contributed by atoms with Crippen molar-refractivity contribution in [2.24, 2.45) is 0 Å². The van der Waals surface area contributed by atoms with Crippen LogP contribution in [0.5, 0.6) is 11.5 Å². The molecule has 5 rings (SSSR count). The third kappa shape index (κ3) is 6.70. The largest absolute Gasteiger partial charge is 0.478 e. The van der Waals surface area contributed by atoms with E-state index in [-0.39, 0.29) is 18.0 Å². The molecule has 0 saturated heterocycles. The number of carbonyl (C=O) groups excluding carboxylic acids is 1. The Morgan fingerprint density at radius 1 is 0.739 bits per heavy atom. The van der Waals surface area contributed by atoms with Gasteiger partial charge in [0.05, 0.1) is 33.9 Å². The predicted octanol–water partition coefficient (Wildman–Crippen LogP) is 7.31. The van der Waals surface area contributed by atoms with E-state index in [0.717, 1.165) is 35.7 Å². The molecule has 0 fully saturated rings. The van der Waals surface area contributed by atoms with Gasteiger partial charge in [0.1, 0.15) is 11.5 Å². The summed E-state index contributed by atoms with van der Waals surface area (Å²) in [6, 6.07) is 18.9. The monoisotopic (exact) mass is 633 g/mol. The highest BCUT2D eigenvalue weighted by Gasteiger charge is 2.34. The summed E-state index contributed by atoms with van der Waals surface area (Å²) in [5.41, 5.74) is -1.33.